The van der Waals surface area contributed by atoms with Crippen molar-refractivity contribution in [3.8, 4) is 11.5 Å². The van der Waals surface area contributed by atoms with E-state index in [9.17, 15) is 14.7 Å². The lowest BCUT2D eigenvalue weighted by atomic mass is 9.78. The van der Waals surface area contributed by atoms with E-state index in [1.165, 1.54) is 0 Å². The van der Waals surface area contributed by atoms with Gasteiger partial charge < -0.3 is 9.84 Å². The van der Waals surface area contributed by atoms with Crippen LogP contribution in [-0.2, 0) is 44.3 Å². The summed E-state index contributed by atoms with van der Waals surface area (Å²) in [6, 6.07) is 8.15. The summed E-state index contributed by atoms with van der Waals surface area (Å²) in [5, 5.41) is 18.3. The van der Waals surface area contributed by atoms with Crippen LogP contribution in [0.3, 0.4) is 0 Å². The highest BCUT2D eigenvalue weighted by Crippen LogP contribution is 2.50. The maximum Gasteiger partial charge on any atom is 0.265 e. The van der Waals surface area contributed by atoms with Gasteiger partial charge in [0.15, 0.2) is 0 Å². The van der Waals surface area contributed by atoms with Crippen molar-refractivity contribution in [3.05, 3.63) is 57.6 Å². The average molecular weight is 535 g/mol. The van der Waals surface area contributed by atoms with E-state index in [4.69, 9.17) is 4.74 Å². The largest absolute Gasteiger partial charge is 0.507 e. The van der Waals surface area contributed by atoms with E-state index in [2.05, 4.69) is 84.7 Å². The number of rotatable bonds is 6. The highest BCUT2D eigenvalue weighted by molar-refractivity contribution is 5.81. The van der Waals surface area contributed by atoms with Gasteiger partial charge in [-0.3, -0.25) is 9.59 Å². The van der Waals surface area contributed by atoms with E-state index in [0.29, 0.717) is 18.6 Å². The number of benzene rings is 2. The average Bonchev–Trinajstić information content (AvgIpc) is 2.78. The van der Waals surface area contributed by atoms with Crippen molar-refractivity contribution < 1.29 is 19.4 Å². The molecule has 2 amide bonds. The molecule has 0 fully saturated rings. The van der Waals surface area contributed by atoms with Crippen molar-refractivity contribution in [1.29, 1.82) is 0 Å². The molecule has 3 rings (SSSR count). The Morgan fingerprint density at radius 2 is 1.10 bits per heavy atom. The van der Waals surface area contributed by atoms with Crippen molar-refractivity contribution >= 4 is 11.8 Å². The zero-order chi connectivity index (χ0) is 29.6. The van der Waals surface area contributed by atoms with Gasteiger partial charge in [-0.05, 0) is 71.3 Å². The number of nitrogens with zero attached hydrogens (tertiary/aromatic N) is 2. The summed E-state index contributed by atoms with van der Waals surface area (Å²) in [5.74, 6) is 0.425. The Labute approximate surface area is 234 Å². The number of aryl methyl sites for hydroxylation is 2. The van der Waals surface area contributed by atoms with Gasteiger partial charge >= 0.3 is 0 Å². The molecule has 1 heterocycles. The van der Waals surface area contributed by atoms with E-state index >= 15 is 0 Å². The Morgan fingerprint density at radius 3 is 1.49 bits per heavy atom. The lowest BCUT2D eigenvalue weighted by Gasteiger charge is -2.42. The molecule has 2 aromatic carbocycles. The first-order valence-electron chi connectivity index (χ1n) is 13.9. The Balaban J connectivity index is 1.64. The predicted octanol–water partition coefficient (Wildman–Crippen LogP) is 7.98. The van der Waals surface area contributed by atoms with E-state index in [-0.39, 0.29) is 34.7 Å². The molecule has 1 aliphatic rings. The van der Waals surface area contributed by atoms with Crippen molar-refractivity contribution in [2.24, 2.45) is 10.2 Å². The molecule has 1 N–H and O–H groups in total. The molecule has 212 valence electrons. The first-order valence-corrected chi connectivity index (χ1v) is 13.9. The van der Waals surface area contributed by atoms with Crippen LogP contribution in [0.1, 0.15) is 122 Å². The number of carbonyl (C=O) groups excluding carboxylic acids is 2. The summed E-state index contributed by atoms with van der Waals surface area (Å²) >= 11 is 0. The van der Waals surface area contributed by atoms with Gasteiger partial charge in [-0.15, -0.1) is 10.2 Å². The van der Waals surface area contributed by atoms with Crippen molar-refractivity contribution in [3.63, 3.8) is 0 Å². The molecule has 2 aromatic rings. The summed E-state index contributed by atoms with van der Waals surface area (Å²) < 4.78 is 6.03. The second-order valence-corrected chi connectivity index (χ2v) is 14.4. The van der Waals surface area contributed by atoms with Crippen LogP contribution in [0.25, 0.3) is 0 Å². The first-order chi connectivity index (χ1) is 17.7. The maximum absolute atomic E-state index is 12.5. The molecule has 0 spiro atoms. The number of fused-ring (bicyclic) bond motifs is 1. The van der Waals surface area contributed by atoms with Crippen LogP contribution in [-0.4, -0.2) is 16.9 Å². The first kappa shape index (κ1) is 30.5. The second-order valence-electron chi connectivity index (χ2n) is 14.4. The van der Waals surface area contributed by atoms with E-state index in [1.54, 1.807) is 0 Å². The SMILES string of the molecule is CC(C)(C)c1cc(CCC(=O)N=NC(=O)CCc2cc(C(C)(C)C)c3c(c2)C(C)(C)O3)cc(C(C)(C)C)c1O. The topological polar surface area (TPSA) is 88.3 Å². The van der Waals surface area contributed by atoms with Crippen LogP contribution in [0, 0.1) is 0 Å². The number of carbonyl (C=O) groups is 2. The molecular formula is C33H46N2O4. The van der Waals surface area contributed by atoms with Crippen LogP contribution in [0.2, 0.25) is 0 Å². The minimum atomic E-state index is -0.430. The second kappa shape index (κ2) is 10.5. The van der Waals surface area contributed by atoms with Crippen molar-refractivity contribution in [2.75, 3.05) is 0 Å². The number of ether oxygens (including phenoxy) is 1. The van der Waals surface area contributed by atoms with Gasteiger partial charge in [0.05, 0.1) is 0 Å². The van der Waals surface area contributed by atoms with Crippen LogP contribution in [0.4, 0.5) is 0 Å². The Bertz CT molecular complexity index is 1260. The van der Waals surface area contributed by atoms with Gasteiger partial charge in [0.1, 0.15) is 17.1 Å². The van der Waals surface area contributed by atoms with Gasteiger partial charge in [0.25, 0.3) is 11.8 Å². The van der Waals surface area contributed by atoms with Gasteiger partial charge in [-0.1, -0.05) is 80.5 Å². The number of hydrogen-bond donors (Lipinski definition) is 1. The zero-order valence-electron chi connectivity index (χ0n) is 25.7. The third-order valence-corrected chi connectivity index (χ3v) is 7.28. The van der Waals surface area contributed by atoms with E-state index in [0.717, 1.165) is 39.1 Å². The standard InChI is InChI=1S/C33H46N2O4/c1-30(2,3)22-16-20(17-23(28(22)38)31(4,5)6)12-14-26(36)34-35-27(37)15-13-21-18-24(32(7,8)9)29-25(19-21)33(10,11)39-29/h16-19,38H,12-15H2,1-11H3. The molecule has 1 aliphatic heterocycles. The fourth-order valence-electron chi connectivity index (χ4n) is 4.91. The summed E-state index contributed by atoms with van der Waals surface area (Å²) in [4.78, 5) is 24.9. The minimum Gasteiger partial charge on any atom is -0.507 e. The molecule has 0 saturated heterocycles. The number of aromatic hydroxyl groups is 1. The van der Waals surface area contributed by atoms with Gasteiger partial charge in [-0.25, -0.2) is 0 Å². The molecule has 0 radical (unpaired) electrons. The molecule has 0 aromatic heterocycles. The summed E-state index contributed by atoms with van der Waals surface area (Å²) in [5.41, 5.74) is 5.13. The molecule has 0 bridgehead atoms. The minimum absolute atomic E-state index is 0.0779. The molecule has 0 saturated carbocycles. The molecule has 0 unspecified atom stereocenters. The van der Waals surface area contributed by atoms with Gasteiger partial charge in [0.2, 0.25) is 0 Å². The number of hydrogen-bond acceptors (Lipinski definition) is 4. The monoisotopic (exact) mass is 534 g/mol. The van der Waals surface area contributed by atoms with Crippen LogP contribution >= 0.6 is 0 Å². The number of azo groups is 1. The number of phenols is 1. The molecule has 39 heavy (non-hydrogen) atoms. The van der Waals surface area contributed by atoms with Crippen molar-refractivity contribution in [1.82, 2.24) is 0 Å². The lowest BCUT2D eigenvalue weighted by Crippen LogP contribution is -2.37. The fraction of sp³-hybridized carbons (Fsp3) is 0.576. The van der Waals surface area contributed by atoms with Crippen LogP contribution in [0.15, 0.2) is 34.5 Å². The highest BCUT2D eigenvalue weighted by atomic mass is 16.5. The smallest absolute Gasteiger partial charge is 0.265 e. The van der Waals surface area contributed by atoms with E-state index < -0.39 is 11.8 Å². The van der Waals surface area contributed by atoms with Gasteiger partial charge in [0, 0.05) is 24.0 Å². The van der Waals surface area contributed by atoms with Gasteiger partial charge in [-0.2, -0.15) is 0 Å². The molecule has 6 nitrogen and oxygen atoms in total. The van der Waals surface area contributed by atoms with Crippen LogP contribution in [0.5, 0.6) is 11.5 Å². The third-order valence-electron chi connectivity index (χ3n) is 7.28. The fourth-order valence-corrected chi connectivity index (χ4v) is 4.91. The lowest BCUT2D eigenvalue weighted by molar-refractivity contribution is -0.122. The molecule has 0 atom stereocenters. The third kappa shape index (κ3) is 7.14. The summed E-state index contributed by atoms with van der Waals surface area (Å²) in [6.45, 7) is 22.9. The maximum atomic E-state index is 12.5. The van der Waals surface area contributed by atoms with Crippen molar-refractivity contribution in [2.45, 2.75) is 124 Å². The molecule has 0 aliphatic carbocycles. The number of amides is 2. The summed E-state index contributed by atoms with van der Waals surface area (Å²) in [7, 11) is 0. The summed E-state index contributed by atoms with van der Waals surface area (Å²) in [6.07, 6.45) is 1.31. The molecule has 6 heteroatoms. The highest BCUT2D eigenvalue weighted by Gasteiger charge is 2.40. The Morgan fingerprint density at radius 1 is 0.718 bits per heavy atom. The Kier molecular flexibility index (Phi) is 8.23. The quantitative estimate of drug-likeness (QED) is 0.381. The Hall–Kier alpha value is -3.02. The predicted molar refractivity (Wildman–Crippen MR) is 156 cm³/mol. The number of phenolic OH excluding ortho intramolecular Hbond substituents is 1. The van der Waals surface area contributed by atoms with Crippen LogP contribution < -0.4 is 4.74 Å². The normalized spacial score (nSPS) is 15.1. The van der Waals surface area contributed by atoms with E-state index in [1.807, 2.05) is 26.0 Å². The zero-order valence-corrected chi connectivity index (χ0v) is 25.7. The molecular weight excluding hydrogens is 488 g/mol.